The van der Waals surface area contributed by atoms with Gasteiger partial charge in [0, 0.05) is 26.2 Å². The minimum absolute atomic E-state index is 0.0206. The number of benzene rings is 1. The zero-order chi connectivity index (χ0) is 14.7. The summed E-state index contributed by atoms with van der Waals surface area (Å²) in [5, 5.41) is 10.8. The Kier molecular flexibility index (Phi) is 4.22. The van der Waals surface area contributed by atoms with E-state index in [0.29, 0.717) is 11.3 Å². The average Bonchev–Trinajstić information content (AvgIpc) is 2.90. The van der Waals surface area contributed by atoms with Gasteiger partial charge in [0.15, 0.2) is 0 Å². The molecule has 0 heterocycles. The zero-order valence-electron chi connectivity index (χ0n) is 11.7. The van der Waals surface area contributed by atoms with E-state index in [1.807, 2.05) is 0 Å². The Morgan fingerprint density at radius 3 is 2.55 bits per heavy atom. The second-order valence-corrected chi connectivity index (χ2v) is 5.16. The molecule has 20 heavy (non-hydrogen) atoms. The molecular weight excluding hydrogens is 260 g/mol. The van der Waals surface area contributed by atoms with Gasteiger partial charge in [-0.15, -0.1) is 0 Å². The molecule has 1 saturated carbocycles. The van der Waals surface area contributed by atoms with Crippen molar-refractivity contribution in [3.05, 3.63) is 33.9 Å². The molecule has 0 aliphatic heterocycles. The van der Waals surface area contributed by atoms with E-state index in [1.54, 1.807) is 19.0 Å². The molecule has 0 radical (unpaired) electrons. The molecule has 1 aromatic rings. The van der Waals surface area contributed by atoms with Gasteiger partial charge >= 0.3 is 5.97 Å². The number of hydrogen-bond donors (Lipinski definition) is 0. The van der Waals surface area contributed by atoms with Crippen molar-refractivity contribution in [1.82, 2.24) is 0 Å². The van der Waals surface area contributed by atoms with Crippen LogP contribution in [0.5, 0.6) is 0 Å². The van der Waals surface area contributed by atoms with E-state index in [1.165, 1.54) is 18.2 Å². The van der Waals surface area contributed by atoms with E-state index < -0.39 is 10.9 Å². The molecule has 0 aromatic heterocycles. The number of anilines is 1. The second-order valence-electron chi connectivity index (χ2n) is 5.16. The van der Waals surface area contributed by atoms with Crippen LogP contribution in [-0.2, 0) is 4.74 Å². The number of hydrogen-bond acceptors (Lipinski definition) is 5. The third kappa shape index (κ3) is 3.07. The van der Waals surface area contributed by atoms with Gasteiger partial charge < -0.3 is 9.64 Å². The van der Waals surface area contributed by atoms with Crippen LogP contribution in [0.4, 0.5) is 11.4 Å². The Labute approximate surface area is 117 Å². The van der Waals surface area contributed by atoms with Crippen LogP contribution in [0.25, 0.3) is 0 Å². The van der Waals surface area contributed by atoms with Gasteiger partial charge in [-0.1, -0.05) is 0 Å². The number of nitrogens with zero attached hydrogens (tertiary/aromatic N) is 2. The SMILES string of the molecule is CN(C)c1cc([N+](=O)[O-])ccc1C(=O)OC1CCCC1. The lowest BCUT2D eigenvalue weighted by Crippen LogP contribution is -2.19. The Bertz CT molecular complexity index is 522. The van der Waals surface area contributed by atoms with E-state index in [-0.39, 0.29) is 11.8 Å². The van der Waals surface area contributed by atoms with Gasteiger partial charge in [-0.2, -0.15) is 0 Å². The number of non-ortho nitro benzene ring substituents is 1. The summed E-state index contributed by atoms with van der Waals surface area (Å²) in [5.41, 5.74) is 0.834. The third-order valence-electron chi connectivity index (χ3n) is 3.47. The zero-order valence-corrected chi connectivity index (χ0v) is 11.7. The van der Waals surface area contributed by atoms with Gasteiger partial charge in [0.25, 0.3) is 5.69 Å². The van der Waals surface area contributed by atoms with Gasteiger partial charge in [-0.3, -0.25) is 10.1 Å². The predicted molar refractivity (Wildman–Crippen MR) is 75.1 cm³/mol. The van der Waals surface area contributed by atoms with Crippen LogP contribution >= 0.6 is 0 Å². The maximum Gasteiger partial charge on any atom is 0.340 e. The van der Waals surface area contributed by atoms with E-state index in [9.17, 15) is 14.9 Å². The molecule has 6 nitrogen and oxygen atoms in total. The van der Waals surface area contributed by atoms with Crippen LogP contribution in [0.2, 0.25) is 0 Å². The van der Waals surface area contributed by atoms with Gasteiger partial charge in [-0.25, -0.2) is 4.79 Å². The van der Waals surface area contributed by atoms with Gasteiger partial charge in [-0.05, 0) is 31.7 Å². The standard InChI is InChI=1S/C14H18N2O4/c1-15(2)13-9-10(16(18)19)7-8-12(13)14(17)20-11-5-3-4-6-11/h7-9,11H,3-6H2,1-2H3. The van der Waals surface area contributed by atoms with Crippen LogP contribution in [-0.4, -0.2) is 31.1 Å². The van der Waals surface area contributed by atoms with Crippen molar-refractivity contribution in [3.63, 3.8) is 0 Å². The van der Waals surface area contributed by atoms with E-state index >= 15 is 0 Å². The highest BCUT2D eigenvalue weighted by Crippen LogP contribution is 2.28. The molecule has 0 N–H and O–H groups in total. The van der Waals surface area contributed by atoms with Crippen LogP contribution in [0.15, 0.2) is 18.2 Å². The lowest BCUT2D eigenvalue weighted by molar-refractivity contribution is -0.384. The molecule has 108 valence electrons. The molecule has 1 fully saturated rings. The van der Waals surface area contributed by atoms with Crippen LogP contribution in [0.1, 0.15) is 36.0 Å². The summed E-state index contributed by atoms with van der Waals surface area (Å²) >= 11 is 0. The third-order valence-corrected chi connectivity index (χ3v) is 3.47. The highest BCUT2D eigenvalue weighted by atomic mass is 16.6. The second kappa shape index (κ2) is 5.90. The molecule has 0 saturated heterocycles. The molecular formula is C14H18N2O4. The fourth-order valence-corrected chi connectivity index (χ4v) is 2.40. The number of carbonyl (C=O) groups is 1. The fraction of sp³-hybridized carbons (Fsp3) is 0.500. The summed E-state index contributed by atoms with van der Waals surface area (Å²) in [4.78, 5) is 24.2. The van der Waals surface area contributed by atoms with Gasteiger partial charge in [0.1, 0.15) is 6.10 Å². The van der Waals surface area contributed by atoms with Crippen molar-refractivity contribution in [2.24, 2.45) is 0 Å². The van der Waals surface area contributed by atoms with Crippen LogP contribution in [0, 0.1) is 10.1 Å². The van der Waals surface area contributed by atoms with Crippen molar-refractivity contribution >= 4 is 17.3 Å². The number of esters is 1. The number of nitro benzene ring substituents is 1. The lowest BCUT2D eigenvalue weighted by Gasteiger charge is -2.18. The molecule has 0 spiro atoms. The smallest absolute Gasteiger partial charge is 0.340 e. The van der Waals surface area contributed by atoms with Gasteiger partial charge in [0.05, 0.1) is 16.2 Å². The Balaban J connectivity index is 2.25. The summed E-state index contributed by atoms with van der Waals surface area (Å²) in [7, 11) is 3.48. The highest BCUT2D eigenvalue weighted by molar-refractivity contribution is 5.96. The molecule has 1 aliphatic rings. The molecule has 0 amide bonds. The molecule has 1 aromatic carbocycles. The molecule has 0 unspecified atom stereocenters. The Morgan fingerprint density at radius 1 is 1.35 bits per heavy atom. The molecule has 6 heteroatoms. The Morgan fingerprint density at radius 2 is 2.00 bits per heavy atom. The first kappa shape index (κ1) is 14.3. The maximum absolute atomic E-state index is 12.2. The van der Waals surface area contributed by atoms with Crippen molar-refractivity contribution < 1.29 is 14.5 Å². The van der Waals surface area contributed by atoms with Crippen molar-refractivity contribution in [1.29, 1.82) is 0 Å². The summed E-state index contributed by atoms with van der Waals surface area (Å²) < 4.78 is 5.45. The molecule has 0 bridgehead atoms. The van der Waals surface area contributed by atoms with Crippen molar-refractivity contribution in [2.45, 2.75) is 31.8 Å². The monoisotopic (exact) mass is 278 g/mol. The lowest BCUT2D eigenvalue weighted by atomic mass is 10.1. The average molecular weight is 278 g/mol. The first-order chi connectivity index (χ1) is 9.49. The summed E-state index contributed by atoms with van der Waals surface area (Å²) in [6.45, 7) is 0. The first-order valence-electron chi connectivity index (χ1n) is 6.66. The molecule has 2 rings (SSSR count). The highest BCUT2D eigenvalue weighted by Gasteiger charge is 2.23. The van der Waals surface area contributed by atoms with E-state index in [0.717, 1.165) is 25.7 Å². The van der Waals surface area contributed by atoms with Crippen LogP contribution in [0.3, 0.4) is 0 Å². The largest absolute Gasteiger partial charge is 0.459 e. The molecule has 0 atom stereocenters. The van der Waals surface area contributed by atoms with Crippen LogP contribution < -0.4 is 4.90 Å². The quantitative estimate of drug-likeness (QED) is 0.481. The summed E-state index contributed by atoms with van der Waals surface area (Å²) in [6, 6.07) is 4.19. The van der Waals surface area contributed by atoms with E-state index in [2.05, 4.69) is 0 Å². The minimum Gasteiger partial charge on any atom is -0.459 e. The van der Waals surface area contributed by atoms with E-state index in [4.69, 9.17) is 4.74 Å². The summed E-state index contributed by atoms with van der Waals surface area (Å²) in [6.07, 6.45) is 3.94. The topological polar surface area (TPSA) is 72.7 Å². The fourth-order valence-electron chi connectivity index (χ4n) is 2.40. The normalized spacial score (nSPS) is 15.1. The number of nitro groups is 1. The summed E-state index contributed by atoms with van der Waals surface area (Å²) in [5.74, 6) is -0.407. The number of carbonyl (C=O) groups excluding carboxylic acids is 1. The maximum atomic E-state index is 12.2. The minimum atomic E-state index is -0.473. The number of ether oxygens (including phenoxy) is 1. The van der Waals surface area contributed by atoms with Gasteiger partial charge in [0.2, 0.25) is 0 Å². The first-order valence-corrected chi connectivity index (χ1v) is 6.66. The molecule has 1 aliphatic carbocycles. The van der Waals surface area contributed by atoms with Crippen molar-refractivity contribution in [3.8, 4) is 0 Å². The predicted octanol–water partition coefficient (Wildman–Crippen LogP) is 2.76. The number of rotatable bonds is 4. The Hall–Kier alpha value is -2.11. The van der Waals surface area contributed by atoms with Crippen molar-refractivity contribution in [2.75, 3.05) is 19.0 Å².